The first-order valence-electron chi connectivity index (χ1n) is 6.67. The standard InChI is InChI=1S/C17H20ClN/c1-13-6-3-4-8-16(13)10-14(2)19-12-15-7-5-9-17(18)11-15/h3-9,11,14,19H,10,12H2,1-2H3. The van der Waals surface area contributed by atoms with E-state index in [9.17, 15) is 0 Å². The van der Waals surface area contributed by atoms with Gasteiger partial charge in [-0.3, -0.25) is 0 Å². The van der Waals surface area contributed by atoms with Crippen molar-refractivity contribution in [2.45, 2.75) is 32.9 Å². The van der Waals surface area contributed by atoms with Gasteiger partial charge in [0.25, 0.3) is 0 Å². The lowest BCUT2D eigenvalue weighted by Crippen LogP contribution is -2.27. The lowest BCUT2D eigenvalue weighted by Gasteiger charge is -2.15. The van der Waals surface area contributed by atoms with E-state index in [1.807, 2.05) is 18.2 Å². The predicted octanol–water partition coefficient (Wildman–Crippen LogP) is 4.37. The van der Waals surface area contributed by atoms with Gasteiger partial charge >= 0.3 is 0 Å². The molecule has 0 bridgehead atoms. The van der Waals surface area contributed by atoms with Crippen LogP contribution in [-0.4, -0.2) is 6.04 Å². The summed E-state index contributed by atoms with van der Waals surface area (Å²) in [5, 5.41) is 4.34. The van der Waals surface area contributed by atoms with Crippen molar-refractivity contribution in [2.24, 2.45) is 0 Å². The molecular formula is C17H20ClN. The maximum Gasteiger partial charge on any atom is 0.0409 e. The molecule has 0 aliphatic rings. The molecule has 1 unspecified atom stereocenters. The molecule has 0 saturated heterocycles. The van der Waals surface area contributed by atoms with Crippen LogP contribution in [0.1, 0.15) is 23.6 Å². The summed E-state index contributed by atoms with van der Waals surface area (Å²) >= 11 is 5.98. The fraction of sp³-hybridized carbons (Fsp3) is 0.294. The zero-order valence-electron chi connectivity index (χ0n) is 11.5. The first-order valence-corrected chi connectivity index (χ1v) is 7.05. The summed E-state index contributed by atoms with van der Waals surface area (Å²) < 4.78 is 0. The van der Waals surface area contributed by atoms with Crippen LogP contribution in [0.25, 0.3) is 0 Å². The molecule has 0 radical (unpaired) electrons. The molecule has 0 saturated carbocycles. The Kier molecular flexibility index (Phi) is 5.00. The highest BCUT2D eigenvalue weighted by Gasteiger charge is 2.05. The first kappa shape index (κ1) is 14.1. The van der Waals surface area contributed by atoms with Crippen LogP contribution in [0.2, 0.25) is 5.02 Å². The Morgan fingerprint density at radius 3 is 2.63 bits per heavy atom. The monoisotopic (exact) mass is 273 g/mol. The molecule has 0 aliphatic heterocycles. The molecule has 2 aromatic rings. The van der Waals surface area contributed by atoms with Crippen molar-refractivity contribution >= 4 is 11.6 Å². The smallest absolute Gasteiger partial charge is 0.0409 e. The summed E-state index contributed by atoms with van der Waals surface area (Å²) in [4.78, 5) is 0. The molecule has 1 nitrogen and oxygen atoms in total. The zero-order valence-corrected chi connectivity index (χ0v) is 12.2. The number of hydrogen-bond acceptors (Lipinski definition) is 1. The third kappa shape index (κ3) is 4.38. The largest absolute Gasteiger partial charge is 0.310 e. The maximum atomic E-state index is 5.98. The lowest BCUT2D eigenvalue weighted by molar-refractivity contribution is 0.544. The van der Waals surface area contributed by atoms with Crippen LogP contribution >= 0.6 is 11.6 Å². The van der Waals surface area contributed by atoms with E-state index < -0.39 is 0 Å². The summed E-state index contributed by atoms with van der Waals surface area (Å²) in [6, 6.07) is 17.0. The molecule has 0 aromatic heterocycles. The van der Waals surface area contributed by atoms with Crippen LogP contribution in [0.3, 0.4) is 0 Å². The number of hydrogen-bond donors (Lipinski definition) is 1. The van der Waals surface area contributed by atoms with E-state index in [0.717, 1.165) is 18.0 Å². The minimum atomic E-state index is 0.445. The summed E-state index contributed by atoms with van der Waals surface area (Å²) in [6.07, 6.45) is 1.05. The van der Waals surface area contributed by atoms with Gasteiger partial charge in [-0.15, -0.1) is 0 Å². The number of nitrogens with one attached hydrogen (secondary N) is 1. The van der Waals surface area contributed by atoms with Crippen LogP contribution in [0, 0.1) is 6.92 Å². The second-order valence-electron chi connectivity index (χ2n) is 5.04. The molecule has 0 aliphatic carbocycles. The summed E-state index contributed by atoms with van der Waals surface area (Å²) in [5.41, 5.74) is 4.00. The Morgan fingerprint density at radius 1 is 1.11 bits per heavy atom. The lowest BCUT2D eigenvalue weighted by atomic mass is 10.0. The number of halogens is 1. The van der Waals surface area contributed by atoms with Crippen LogP contribution in [0.15, 0.2) is 48.5 Å². The van der Waals surface area contributed by atoms with Crippen molar-refractivity contribution in [1.82, 2.24) is 5.32 Å². The molecule has 2 aromatic carbocycles. The molecule has 1 N–H and O–H groups in total. The average molecular weight is 274 g/mol. The van der Waals surface area contributed by atoms with E-state index in [1.54, 1.807) is 0 Å². The molecule has 2 heteroatoms. The maximum absolute atomic E-state index is 5.98. The van der Waals surface area contributed by atoms with Crippen LogP contribution in [0.4, 0.5) is 0 Å². The second kappa shape index (κ2) is 6.74. The topological polar surface area (TPSA) is 12.0 Å². The normalized spacial score (nSPS) is 12.4. The van der Waals surface area contributed by atoms with Crippen LogP contribution < -0.4 is 5.32 Å². The second-order valence-corrected chi connectivity index (χ2v) is 5.48. The Bertz CT molecular complexity index is 536. The van der Waals surface area contributed by atoms with E-state index in [2.05, 4.69) is 49.5 Å². The van der Waals surface area contributed by atoms with Crippen molar-refractivity contribution in [1.29, 1.82) is 0 Å². The van der Waals surface area contributed by atoms with Gasteiger partial charge in [0.2, 0.25) is 0 Å². The first-order chi connectivity index (χ1) is 9.15. The average Bonchev–Trinajstić information content (AvgIpc) is 2.39. The predicted molar refractivity (Wildman–Crippen MR) is 82.6 cm³/mol. The fourth-order valence-corrected chi connectivity index (χ4v) is 2.39. The van der Waals surface area contributed by atoms with Gasteiger partial charge in [-0.05, 0) is 49.1 Å². The van der Waals surface area contributed by atoms with E-state index in [0.29, 0.717) is 6.04 Å². The number of benzene rings is 2. The number of rotatable bonds is 5. The van der Waals surface area contributed by atoms with Crippen LogP contribution in [-0.2, 0) is 13.0 Å². The quantitative estimate of drug-likeness (QED) is 0.853. The molecular weight excluding hydrogens is 254 g/mol. The van der Waals surface area contributed by atoms with E-state index in [4.69, 9.17) is 11.6 Å². The van der Waals surface area contributed by atoms with Crippen molar-refractivity contribution in [3.63, 3.8) is 0 Å². The van der Waals surface area contributed by atoms with Gasteiger partial charge < -0.3 is 5.32 Å². The van der Waals surface area contributed by atoms with Crippen molar-refractivity contribution < 1.29 is 0 Å². The van der Waals surface area contributed by atoms with Gasteiger partial charge in [0, 0.05) is 17.6 Å². The van der Waals surface area contributed by atoms with Gasteiger partial charge in [0.1, 0.15) is 0 Å². The van der Waals surface area contributed by atoms with Crippen LogP contribution in [0.5, 0.6) is 0 Å². The van der Waals surface area contributed by atoms with Gasteiger partial charge in [0.15, 0.2) is 0 Å². The van der Waals surface area contributed by atoms with Crippen molar-refractivity contribution in [3.8, 4) is 0 Å². The molecule has 0 amide bonds. The number of aryl methyl sites for hydroxylation is 1. The summed E-state index contributed by atoms with van der Waals surface area (Å²) in [7, 11) is 0. The highest BCUT2D eigenvalue weighted by atomic mass is 35.5. The van der Waals surface area contributed by atoms with Gasteiger partial charge in [-0.25, -0.2) is 0 Å². The minimum Gasteiger partial charge on any atom is -0.310 e. The van der Waals surface area contributed by atoms with E-state index in [1.165, 1.54) is 16.7 Å². The Hall–Kier alpha value is -1.31. The van der Waals surface area contributed by atoms with Crippen molar-refractivity contribution in [2.75, 3.05) is 0 Å². The third-order valence-electron chi connectivity index (χ3n) is 3.33. The summed E-state index contributed by atoms with van der Waals surface area (Å²) in [6.45, 7) is 5.24. The Balaban J connectivity index is 1.88. The zero-order chi connectivity index (χ0) is 13.7. The SMILES string of the molecule is Cc1ccccc1CC(C)NCc1cccc(Cl)c1. The van der Waals surface area contributed by atoms with Gasteiger partial charge in [-0.1, -0.05) is 48.0 Å². The Morgan fingerprint density at radius 2 is 1.89 bits per heavy atom. The molecule has 0 heterocycles. The summed E-state index contributed by atoms with van der Waals surface area (Å²) in [5.74, 6) is 0. The highest BCUT2D eigenvalue weighted by molar-refractivity contribution is 6.30. The molecule has 0 spiro atoms. The fourth-order valence-electron chi connectivity index (χ4n) is 2.18. The van der Waals surface area contributed by atoms with Gasteiger partial charge in [-0.2, -0.15) is 0 Å². The highest BCUT2D eigenvalue weighted by Crippen LogP contribution is 2.12. The Labute approximate surface area is 120 Å². The third-order valence-corrected chi connectivity index (χ3v) is 3.57. The molecule has 19 heavy (non-hydrogen) atoms. The molecule has 1 atom stereocenters. The van der Waals surface area contributed by atoms with Crippen molar-refractivity contribution in [3.05, 3.63) is 70.2 Å². The van der Waals surface area contributed by atoms with E-state index in [-0.39, 0.29) is 0 Å². The molecule has 0 fully saturated rings. The molecule has 2 rings (SSSR count). The minimum absolute atomic E-state index is 0.445. The van der Waals surface area contributed by atoms with Gasteiger partial charge in [0.05, 0.1) is 0 Å². The molecule has 100 valence electrons. The van der Waals surface area contributed by atoms with E-state index >= 15 is 0 Å².